The first-order valence-corrected chi connectivity index (χ1v) is 2.29. The van der Waals surface area contributed by atoms with Crippen LogP contribution in [0.2, 0.25) is 0 Å². The van der Waals surface area contributed by atoms with Crippen molar-refractivity contribution in [1.29, 1.82) is 5.26 Å². The quantitative estimate of drug-likeness (QED) is 0.326. The Hall–Kier alpha value is -1.89. The zero-order valence-corrected chi connectivity index (χ0v) is 4.91. The Morgan fingerprint density at radius 1 is 1.50 bits per heavy atom. The van der Waals surface area contributed by atoms with E-state index in [-0.39, 0.29) is 6.54 Å². The zero-order valence-electron chi connectivity index (χ0n) is 4.91. The van der Waals surface area contributed by atoms with Crippen LogP contribution in [0.5, 0.6) is 0 Å². The van der Waals surface area contributed by atoms with Crippen LogP contribution in [0.25, 0.3) is 20.9 Å². The van der Waals surface area contributed by atoms with Gasteiger partial charge in [-0.1, -0.05) is 10.2 Å². The Balaban J connectivity index is 3.98. The summed E-state index contributed by atoms with van der Waals surface area (Å²) in [5, 5.41) is 14.3. The molecule has 1 unspecified atom stereocenters. The Kier molecular flexibility index (Phi) is 4.26. The van der Waals surface area contributed by atoms with E-state index in [0.717, 1.165) is 0 Å². The summed E-state index contributed by atoms with van der Waals surface area (Å²) in [6, 6.07) is 0.764. The maximum Gasteiger partial charge on any atom is 0.130 e. The third kappa shape index (κ3) is 3.16. The first-order valence-electron chi connectivity index (χ1n) is 2.29. The molecule has 0 aliphatic heterocycles. The van der Waals surface area contributed by atoms with Crippen LogP contribution in [0, 0.1) is 11.3 Å². The molecule has 0 saturated heterocycles. The van der Waals surface area contributed by atoms with Gasteiger partial charge in [-0.05, 0) is 11.1 Å². The minimum atomic E-state index is -0.888. The summed E-state index contributed by atoms with van der Waals surface area (Å²) in [4.78, 5) is 4.78. The van der Waals surface area contributed by atoms with Crippen molar-refractivity contribution < 1.29 is 0 Å². The van der Waals surface area contributed by atoms with Gasteiger partial charge in [-0.2, -0.15) is 5.26 Å². The summed E-state index contributed by atoms with van der Waals surface area (Å²) < 4.78 is 0. The number of hydrogen-bond donors (Lipinski definition) is 0. The van der Waals surface area contributed by atoms with Crippen LogP contribution in [0.3, 0.4) is 0 Å². The Morgan fingerprint density at radius 2 is 2.20 bits per heavy atom. The highest BCUT2D eigenvalue weighted by Crippen LogP contribution is 1.89. The zero-order chi connectivity index (χ0) is 7.82. The van der Waals surface area contributed by atoms with Crippen molar-refractivity contribution in [3.8, 4) is 6.07 Å². The first-order chi connectivity index (χ1) is 4.85. The normalized spacial score (nSPS) is 9.90. The summed E-state index contributed by atoms with van der Waals surface area (Å²) in [6.45, 7) is -0.114. The predicted octanol–water partition coefficient (Wildman–Crippen LogP) is 1.50. The molecular weight excluding hydrogens is 134 g/mol. The number of azide groups is 2. The Morgan fingerprint density at radius 3 is 2.60 bits per heavy atom. The molecule has 0 aliphatic rings. The third-order valence-electron chi connectivity index (χ3n) is 0.658. The summed E-state index contributed by atoms with van der Waals surface area (Å²) in [5.41, 5.74) is 15.6. The van der Waals surface area contributed by atoms with Crippen LogP contribution >= 0.6 is 0 Å². The van der Waals surface area contributed by atoms with Crippen molar-refractivity contribution in [2.24, 2.45) is 10.2 Å². The smallest absolute Gasteiger partial charge is 0.130 e. The largest absolute Gasteiger partial charge is 0.198 e. The van der Waals surface area contributed by atoms with E-state index in [4.69, 9.17) is 16.3 Å². The average molecular weight is 137 g/mol. The number of nitrogens with zero attached hydrogens (tertiary/aromatic N) is 7. The van der Waals surface area contributed by atoms with E-state index < -0.39 is 6.04 Å². The van der Waals surface area contributed by atoms with Gasteiger partial charge in [0, 0.05) is 16.4 Å². The van der Waals surface area contributed by atoms with Gasteiger partial charge in [0.2, 0.25) is 0 Å². The maximum atomic E-state index is 8.19. The van der Waals surface area contributed by atoms with Gasteiger partial charge in [0.25, 0.3) is 0 Å². The van der Waals surface area contributed by atoms with E-state index in [1.165, 1.54) is 0 Å². The lowest BCUT2D eigenvalue weighted by Crippen LogP contribution is -2.02. The molecule has 7 heteroatoms. The second-order valence-corrected chi connectivity index (χ2v) is 1.26. The molecule has 0 aromatic heterocycles. The summed E-state index contributed by atoms with van der Waals surface area (Å²) >= 11 is 0. The third-order valence-corrected chi connectivity index (χ3v) is 0.658. The Bertz CT molecular complexity index is 224. The molecule has 0 saturated carbocycles. The fourth-order valence-corrected chi connectivity index (χ4v) is 0.279. The highest BCUT2D eigenvalue weighted by atomic mass is 15.2. The van der Waals surface area contributed by atoms with Crippen LogP contribution in [-0.2, 0) is 0 Å². The number of rotatable bonds is 3. The summed E-state index contributed by atoms with van der Waals surface area (Å²) in [7, 11) is 0. The van der Waals surface area contributed by atoms with Crippen molar-refractivity contribution in [2.45, 2.75) is 6.04 Å². The van der Waals surface area contributed by atoms with Gasteiger partial charge >= 0.3 is 0 Å². The number of nitriles is 1. The highest BCUT2D eigenvalue weighted by Gasteiger charge is 1.99. The van der Waals surface area contributed by atoms with E-state index in [0.29, 0.717) is 0 Å². The van der Waals surface area contributed by atoms with Crippen molar-refractivity contribution in [2.75, 3.05) is 6.54 Å². The lowest BCUT2D eigenvalue weighted by atomic mass is 10.4. The average Bonchev–Trinajstić information content (AvgIpc) is 1.98. The van der Waals surface area contributed by atoms with Crippen molar-refractivity contribution in [3.63, 3.8) is 0 Å². The van der Waals surface area contributed by atoms with Crippen LogP contribution in [0.1, 0.15) is 0 Å². The van der Waals surface area contributed by atoms with E-state index in [1.807, 2.05) is 0 Å². The SMILES string of the molecule is N#CC(CN=[N+]=[N-])N=[N+]=[N-]. The molecule has 0 radical (unpaired) electrons. The minimum Gasteiger partial charge on any atom is -0.198 e. The predicted molar refractivity (Wildman–Crippen MR) is 32.6 cm³/mol. The van der Waals surface area contributed by atoms with Gasteiger partial charge in [-0.15, -0.1) is 0 Å². The van der Waals surface area contributed by atoms with Crippen molar-refractivity contribution in [1.82, 2.24) is 0 Å². The lowest BCUT2D eigenvalue weighted by molar-refractivity contribution is 0.821. The van der Waals surface area contributed by atoms with Gasteiger partial charge in [0.15, 0.2) is 0 Å². The second kappa shape index (κ2) is 5.25. The molecule has 0 N–H and O–H groups in total. The molecule has 0 fully saturated rings. The van der Waals surface area contributed by atoms with E-state index in [1.54, 1.807) is 6.07 Å². The fraction of sp³-hybridized carbons (Fsp3) is 0.667. The molecule has 0 rings (SSSR count). The first kappa shape index (κ1) is 8.11. The van der Waals surface area contributed by atoms with Crippen molar-refractivity contribution in [3.05, 3.63) is 20.9 Å². The van der Waals surface area contributed by atoms with Crippen LogP contribution in [-0.4, -0.2) is 12.6 Å². The molecule has 50 valence electrons. The summed E-state index contributed by atoms with van der Waals surface area (Å²) in [5.74, 6) is 0. The molecule has 7 nitrogen and oxygen atoms in total. The molecule has 0 spiro atoms. The molecule has 1 atom stereocenters. The molecule has 0 aromatic carbocycles. The fourth-order valence-electron chi connectivity index (χ4n) is 0.279. The second-order valence-electron chi connectivity index (χ2n) is 1.26. The molecule has 0 amide bonds. The van der Waals surface area contributed by atoms with Crippen LogP contribution < -0.4 is 0 Å². The maximum absolute atomic E-state index is 8.19. The molecular formula is C3H3N7. The molecule has 0 bridgehead atoms. The highest BCUT2D eigenvalue weighted by molar-refractivity contribution is 4.91. The minimum absolute atomic E-state index is 0.114. The van der Waals surface area contributed by atoms with Gasteiger partial charge in [-0.25, -0.2) is 0 Å². The Labute approximate surface area is 56.1 Å². The topological polar surface area (TPSA) is 121 Å². The standard InChI is InChI=1S/C3H3N7/c4-1-3(8-10-6)2-7-9-5/h3H,2H2. The van der Waals surface area contributed by atoms with Gasteiger partial charge < -0.3 is 0 Å². The van der Waals surface area contributed by atoms with Crippen molar-refractivity contribution >= 4 is 0 Å². The van der Waals surface area contributed by atoms with Gasteiger partial charge in [0.1, 0.15) is 6.04 Å². The number of hydrogen-bond acceptors (Lipinski definition) is 3. The van der Waals surface area contributed by atoms with Gasteiger partial charge in [0.05, 0.1) is 6.07 Å². The van der Waals surface area contributed by atoms with E-state index in [9.17, 15) is 0 Å². The molecule has 0 heterocycles. The monoisotopic (exact) mass is 137 g/mol. The molecule has 0 aromatic rings. The van der Waals surface area contributed by atoms with E-state index >= 15 is 0 Å². The lowest BCUT2D eigenvalue weighted by Gasteiger charge is -1.89. The van der Waals surface area contributed by atoms with Gasteiger partial charge in [-0.3, -0.25) is 0 Å². The van der Waals surface area contributed by atoms with Crippen LogP contribution in [0.4, 0.5) is 0 Å². The summed E-state index contributed by atoms with van der Waals surface area (Å²) in [6.07, 6.45) is 0. The van der Waals surface area contributed by atoms with E-state index in [2.05, 4.69) is 20.1 Å². The van der Waals surface area contributed by atoms with Crippen LogP contribution in [0.15, 0.2) is 10.2 Å². The molecule has 0 aliphatic carbocycles. The molecule has 10 heavy (non-hydrogen) atoms.